The zero-order valence-electron chi connectivity index (χ0n) is 15.4. The fraction of sp³-hybridized carbons (Fsp3) is 0.438. The molecule has 3 aromatic rings. The van der Waals surface area contributed by atoms with Gasteiger partial charge in [0.05, 0.1) is 25.0 Å². The Morgan fingerprint density at radius 1 is 1.33 bits per heavy atom. The minimum atomic E-state index is -0.230. The predicted octanol–water partition coefficient (Wildman–Crippen LogP) is 3.06. The Balaban J connectivity index is 1.84. The second kappa shape index (κ2) is 6.01. The molecule has 0 saturated heterocycles. The lowest BCUT2D eigenvalue weighted by molar-refractivity contribution is 0.330. The van der Waals surface area contributed by atoms with Gasteiger partial charge < -0.3 is 4.74 Å². The van der Waals surface area contributed by atoms with Gasteiger partial charge in [0.25, 0.3) is 5.69 Å². The Kier molecular flexibility index (Phi) is 3.76. The molecule has 0 fully saturated rings. The van der Waals surface area contributed by atoms with Gasteiger partial charge in [-0.15, -0.1) is 15.3 Å². The van der Waals surface area contributed by atoms with Crippen molar-refractivity contribution in [3.8, 4) is 0 Å². The van der Waals surface area contributed by atoms with Crippen molar-refractivity contribution < 1.29 is 4.74 Å². The van der Waals surface area contributed by atoms with Gasteiger partial charge in [0.1, 0.15) is 12.4 Å². The molecule has 0 saturated carbocycles. The molecule has 0 unspecified atom stereocenters. The summed E-state index contributed by atoms with van der Waals surface area (Å²) < 4.78 is 8.41. The Bertz CT molecular complexity index is 1110. The molecule has 1 aliphatic rings. The molecule has 0 aliphatic carbocycles. The van der Waals surface area contributed by atoms with E-state index in [1.807, 2.05) is 0 Å². The molecule has 4 heterocycles. The van der Waals surface area contributed by atoms with E-state index in [9.17, 15) is 0 Å². The lowest BCUT2D eigenvalue weighted by atomic mass is 9.91. The maximum absolute atomic E-state index is 7.35. The van der Waals surface area contributed by atoms with Gasteiger partial charge in [0.2, 0.25) is 5.65 Å². The van der Waals surface area contributed by atoms with Crippen LogP contribution in [-0.4, -0.2) is 48.8 Å². The van der Waals surface area contributed by atoms with Crippen molar-refractivity contribution in [3.05, 3.63) is 29.1 Å². The number of nitrogens with zero attached hydrogens (tertiary/aromatic N) is 9. The van der Waals surface area contributed by atoms with E-state index in [0.29, 0.717) is 36.3 Å². The van der Waals surface area contributed by atoms with Crippen molar-refractivity contribution in [2.24, 2.45) is 15.2 Å². The lowest BCUT2D eigenvalue weighted by Crippen LogP contribution is -2.13. The molecule has 27 heavy (non-hydrogen) atoms. The van der Waals surface area contributed by atoms with E-state index >= 15 is 0 Å². The number of azo groups is 1. The smallest absolute Gasteiger partial charge is 0.313 e. The molecular formula is C16H18N10O. The second-order valence-corrected chi connectivity index (χ2v) is 7.07. The molecule has 0 aromatic carbocycles. The zero-order chi connectivity index (χ0) is 19.2. The van der Waals surface area contributed by atoms with Crippen LogP contribution in [0.1, 0.15) is 32.3 Å². The first-order chi connectivity index (χ1) is 12.9. The average molecular weight is 366 g/mol. The maximum atomic E-state index is 7.35. The number of aliphatic imine (C=N–C) groups is 1. The third-order valence-corrected chi connectivity index (χ3v) is 3.97. The van der Waals surface area contributed by atoms with Crippen LogP contribution in [0.5, 0.6) is 0 Å². The van der Waals surface area contributed by atoms with Crippen LogP contribution in [0.2, 0.25) is 0 Å². The van der Waals surface area contributed by atoms with Crippen LogP contribution in [0.15, 0.2) is 21.4 Å². The van der Waals surface area contributed by atoms with Crippen LogP contribution in [-0.2, 0) is 10.2 Å². The van der Waals surface area contributed by atoms with E-state index in [0.717, 1.165) is 5.69 Å². The second-order valence-electron chi connectivity index (χ2n) is 7.07. The van der Waals surface area contributed by atoms with Crippen LogP contribution in [0, 0.1) is 13.5 Å². The highest BCUT2D eigenvalue weighted by atomic mass is 16.5. The summed E-state index contributed by atoms with van der Waals surface area (Å²) in [6.07, 6.45) is 1.42. The molecule has 0 amide bonds. The summed E-state index contributed by atoms with van der Waals surface area (Å²) in [7, 11) is 0. The van der Waals surface area contributed by atoms with E-state index in [2.05, 4.69) is 61.1 Å². The molecule has 1 N–H and O–H groups in total. The summed E-state index contributed by atoms with van der Waals surface area (Å²) in [6.45, 7) is 16.4. The van der Waals surface area contributed by atoms with E-state index in [4.69, 9.17) is 11.3 Å². The first kappa shape index (κ1) is 16.9. The molecule has 0 atom stereocenters. The number of aryl methyl sites for hydroxylation is 1. The predicted molar refractivity (Wildman–Crippen MR) is 97.1 cm³/mol. The summed E-state index contributed by atoms with van der Waals surface area (Å²) in [5.41, 5.74) is 2.02. The fourth-order valence-corrected chi connectivity index (χ4v) is 2.73. The standard InChI is InChI=1S/C16H18N10O/c1-9-20-14-11(12(16(2,3)4)24-26(14)23-9)21-22-13-10(17-5)8-19-25(13)15-18-6-7-27-15/h8,24H,6-7H2,1-4H3. The van der Waals surface area contributed by atoms with Gasteiger partial charge in [-0.2, -0.15) is 14.4 Å². The van der Waals surface area contributed by atoms with Gasteiger partial charge >= 0.3 is 6.02 Å². The van der Waals surface area contributed by atoms with E-state index < -0.39 is 0 Å². The Hall–Kier alpha value is -3.55. The molecule has 4 rings (SSSR count). The Morgan fingerprint density at radius 2 is 2.15 bits per heavy atom. The highest BCUT2D eigenvalue weighted by molar-refractivity contribution is 5.83. The van der Waals surface area contributed by atoms with Crippen molar-refractivity contribution >= 4 is 28.9 Å². The van der Waals surface area contributed by atoms with Crippen LogP contribution in [0.25, 0.3) is 10.5 Å². The van der Waals surface area contributed by atoms with E-state index in [1.165, 1.54) is 10.9 Å². The summed E-state index contributed by atoms with van der Waals surface area (Å²) in [5.74, 6) is 0.889. The van der Waals surface area contributed by atoms with Crippen LogP contribution >= 0.6 is 0 Å². The average Bonchev–Trinajstić information content (AvgIpc) is 3.34. The normalized spacial score (nSPS) is 14.7. The van der Waals surface area contributed by atoms with Gasteiger partial charge in [-0.05, 0) is 6.92 Å². The quantitative estimate of drug-likeness (QED) is 0.554. The van der Waals surface area contributed by atoms with Crippen LogP contribution in [0.4, 0.5) is 17.2 Å². The molecule has 11 nitrogen and oxygen atoms in total. The van der Waals surface area contributed by atoms with Crippen LogP contribution < -0.4 is 0 Å². The summed E-state index contributed by atoms with van der Waals surface area (Å²) in [5, 5.41) is 20.4. The van der Waals surface area contributed by atoms with Crippen molar-refractivity contribution in [1.82, 2.24) is 29.6 Å². The molecular weight excluding hydrogens is 348 g/mol. The van der Waals surface area contributed by atoms with Gasteiger partial charge in [-0.3, -0.25) is 5.10 Å². The fourth-order valence-electron chi connectivity index (χ4n) is 2.73. The van der Waals surface area contributed by atoms with Gasteiger partial charge in [-0.1, -0.05) is 20.8 Å². The van der Waals surface area contributed by atoms with E-state index in [1.54, 1.807) is 11.6 Å². The third-order valence-electron chi connectivity index (χ3n) is 3.97. The first-order valence-electron chi connectivity index (χ1n) is 8.39. The number of hydrogen-bond acceptors (Lipinski definition) is 7. The number of ether oxygens (including phenoxy) is 1. The van der Waals surface area contributed by atoms with E-state index in [-0.39, 0.29) is 16.9 Å². The zero-order valence-corrected chi connectivity index (χ0v) is 15.4. The maximum Gasteiger partial charge on any atom is 0.313 e. The largest absolute Gasteiger partial charge is 0.462 e. The van der Waals surface area contributed by atoms with Crippen molar-refractivity contribution in [1.29, 1.82) is 0 Å². The highest BCUT2D eigenvalue weighted by Gasteiger charge is 2.26. The molecule has 11 heteroatoms. The van der Waals surface area contributed by atoms with Crippen molar-refractivity contribution in [2.45, 2.75) is 33.1 Å². The van der Waals surface area contributed by atoms with Crippen LogP contribution in [0.3, 0.4) is 0 Å². The highest BCUT2D eigenvalue weighted by Crippen LogP contribution is 2.36. The molecule has 1 aliphatic heterocycles. The monoisotopic (exact) mass is 366 g/mol. The summed E-state index contributed by atoms with van der Waals surface area (Å²) >= 11 is 0. The number of hydrogen-bond donors (Lipinski definition) is 1. The number of nitrogens with one attached hydrogen (secondary N) is 1. The first-order valence-corrected chi connectivity index (χ1v) is 8.39. The van der Waals surface area contributed by atoms with Gasteiger partial charge in [-0.25, -0.2) is 14.8 Å². The number of aromatic nitrogens is 6. The summed E-state index contributed by atoms with van der Waals surface area (Å²) in [6, 6.07) is 0.312. The minimum Gasteiger partial charge on any atom is -0.462 e. The van der Waals surface area contributed by atoms with Gasteiger partial charge in [0, 0.05) is 5.41 Å². The minimum absolute atomic E-state index is 0.230. The number of rotatable bonds is 2. The molecule has 3 aromatic heterocycles. The Labute approximate surface area is 154 Å². The molecule has 0 radical (unpaired) electrons. The molecule has 0 bridgehead atoms. The van der Waals surface area contributed by atoms with Crippen molar-refractivity contribution in [2.75, 3.05) is 13.2 Å². The lowest BCUT2D eigenvalue weighted by Gasteiger charge is -2.16. The number of H-pyrrole nitrogens is 1. The van der Waals surface area contributed by atoms with Crippen molar-refractivity contribution in [3.63, 3.8) is 0 Å². The SMILES string of the molecule is [C-]#[N+]c1cnn(C2=NCCO2)c1N=Nc1c(C(C)(C)C)[nH]n2nc(C)nc12. The Morgan fingerprint density at radius 3 is 2.81 bits per heavy atom. The molecule has 138 valence electrons. The molecule has 0 spiro atoms. The number of aromatic amines is 1. The summed E-state index contributed by atoms with van der Waals surface area (Å²) in [4.78, 5) is 12.1. The number of fused-ring (bicyclic) bond motifs is 1. The van der Waals surface area contributed by atoms with Gasteiger partial charge in [0.15, 0.2) is 11.5 Å². The third kappa shape index (κ3) is 2.84. The topological polar surface area (TPSA) is 114 Å².